The van der Waals surface area contributed by atoms with Crippen LogP contribution in [0.3, 0.4) is 0 Å². The molecule has 1 aromatic carbocycles. The molecule has 116 valence electrons. The second-order valence-electron chi connectivity index (χ2n) is 5.67. The minimum atomic E-state index is -0.193. The molecule has 7 nitrogen and oxygen atoms in total. The van der Waals surface area contributed by atoms with Crippen LogP contribution in [0.1, 0.15) is 11.3 Å². The molecule has 2 aromatic rings. The Morgan fingerprint density at radius 3 is 2.64 bits per heavy atom. The fraction of sp³-hybridized carbons (Fsp3) is 0.400. The number of aromatic nitrogens is 3. The van der Waals surface area contributed by atoms with E-state index < -0.39 is 0 Å². The van der Waals surface area contributed by atoms with E-state index in [2.05, 4.69) is 32.7 Å². The number of nitrogens with zero attached hydrogens (tertiary/aromatic N) is 3. The molecule has 22 heavy (non-hydrogen) atoms. The molecule has 1 saturated heterocycles. The third kappa shape index (κ3) is 3.69. The molecule has 1 fully saturated rings. The number of rotatable bonds is 4. The van der Waals surface area contributed by atoms with Crippen LogP contribution in [-0.4, -0.2) is 53.4 Å². The highest BCUT2D eigenvalue weighted by Gasteiger charge is 2.17. The number of hydrogen-bond acceptors (Lipinski definition) is 5. The summed E-state index contributed by atoms with van der Waals surface area (Å²) in [5.41, 5.74) is 4.41. The average Bonchev–Trinajstić information content (AvgIpc) is 2.53. The van der Waals surface area contributed by atoms with Crippen LogP contribution >= 0.6 is 0 Å². The van der Waals surface area contributed by atoms with E-state index in [0.29, 0.717) is 18.1 Å². The fourth-order valence-corrected chi connectivity index (χ4v) is 2.47. The smallest absolute Gasteiger partial charge is 0.274 e. The molecule has 1 aliphatic heterocycles. The van der Waals surface area contributed by atoms with Crippen LogP contribution in [0.5, 0.6) is 0 Å². The molecule has 0 spiro atoms. The van der Waals surface area contributed by atoms with Crippen molar-refractivity contribution in [3.05, 3.63) is 51.9 Å². The summed E-state index contributed by atoms with van der Waals surface area (Å²) in [7, 11) is 2.18. The highest BCUT2D eigenvalue weighted by Crippen LogP contribution is 2.03. The standard InChI is InChI=1S/C15H20N6O/c1-20-7-9-21(10-8-20)19-15-16-14(22)13(17-18-15)11-12-5-3-2-4-6-12/h2-6H,7-11H2,1H3,(H2,16,18,19,22)/p+1. The lowest BCUT2D eigenvalue weighted by molar-refractivity contribution is -0.884. The molecule has 0 unspecified atom stereocenters. The number of piperazine rings is 1. The summed E-state index contributed by atoms with van der Waals surface area (Å²) in [6, 6.07) is 9.79. The van der Waals surface area contributed by atoms with Gasteiger partial charge < -0.3 is 4.90 Å². The first-order chi connectivity index (χ1) is 10.7. The highest BCUT2D eigenvalue weighted by atomic mass is 16.1. The molecule has 0 bridgehead atoms. The summed E-state index contributed by atoms with van der Waals surface area (Å²) in [4.78, 5) is 16.4. The zero-order valence-electron chi connectivity index (χ0n) is 12.7. The molecule has 7 heteroatoms. The van der Waals surface area contributed by atoms with Crippen molar-refractivity contribution < 1.29 is 4.90 Å². The van der Waals surface area contributed by atoms with Gasteiger partial charge in [0, 0.05) is 6.42 Å². The minimum Gasteiger partial charge on any atom is -0.335 e. The minimum absolute atomic E-state index is 0.193. The van der Waals surface area contributed by atoms with Gasteiger partial charge in [-0.2, -0.15) is 0 Å². The number of quaternary nitrogens is 1. The average molecular weight is 301 g/mol. The SMILES string of the molecule is C[NH+]1CCN(Nc2nnc(Cc3ccccc3)c(=O)[nH]2)CC1. The highest BCUT2D eigenvalue weighted by molar-refractivity contribution is 5.23. The van der Waals surface area contributed by atoms with Gasteiger partial charge in [-0.05, 0) is 5.56 Å². The summed E-state index contributed by atoms with van der Waals surface area (Å²) in [5, 5.41) is 10.2. The normalized spacial score (nSPS) is 16.6. The van der Waals surface area contributed by atoms with Crippen molar-refractivity contribution in [1.29, 1.82) is 0 Å². The third-order valence-electron chi connectivity index (χ3n) is 3.86. The van der Waals surface area contributed by atoms with Crippen LogP contribution in [0.25, 0.3) is 0 Å². The van der Waals surface area contributed by atoms with Gasteiger partial charge in [0.25, 0.3) is 5.56 Å². The van der Waals surface area contributed by atoms with E-state index in [1.165, 1.54) is 4.90 Å². The Kier molecular flexibility index (Phi) is 4.45. The van der Waals surface area contributed by atoms with Gasteiger partial charge >= 0.3 is 0 Å². The molecule has 3 N–H and O–H groups in total. The van der Waals surface area contributed by atoms with E-state index in [9.17, 15) is 4.79 Å². The van der Waals surface area contributed by atoms with Gasteiger partial charge in [-0.3, -0.25) is 15.2 Å². The van der Waals surface area contributed by atoms with Crippen LogP contribution in [0.4, 0.5) is 5.95 Å². The molecular weight excluding hydrogens is 280 g/mol. The molecular formula is C15H21N6O+. The molecule has 0 atom stereocenters. The number of hydrogen-bond donors (Lipinski definition) is 3. The van der Waals surface area contributed by atoms with Crippen molar-refractivity contribution in [3.8, 4) is 0 Å². The van der Waals surface area contributed by atoms with Crippen LogP contribution < -0.4 is 15.9 Å². The van der Waals surface area contributed by atoms with Gasteiger partial charge in [0.1, 0.15) is 5.69 Å². The van der Waals surface area contributed by atoms with E-state index in [1.807, 2.05) is 30.3 Å². The number of benzene rings is 1. The number of likely N-dealkylation sites (N-methyl/N-ethyl adjacent to an activating group) is 1. The van der Waals surface area contributed by atoms with Crippen molar-refractivity contribution in [2.24, 2.45) is 0 Å². The lowest BCUT2D eigenvalue weighted by atomic mass is 10.1. The van der Waals surface area contributed by atoms with Crippen molar-refractivity contribution in [3.63, 3.8) is 0 Å². The van der Waals surface area contributed by atoms with Gasteiger partial charge in [0.05, 0.1) is 33.2 Å². The molecule has 0 amide bonds. The van der Waals surface area contributed by atoms with E-state index in [1.54, 1.807) is 0 Å². The van der Waals surface area contributed by atoms with Gasteiger partial charge in [-0.25, -0.2) is 5.01 Å². The Bertz CT molecular complexity index is 663. The Hall–Kier alpha value is -2.25. The summed E-state index contributed by atoms with van der Waals surface area (Å²) in [6.07, 6.45) is 0.487. The van der Waals surface area contributed by atoms with Crippen molar-refractivity contribution in [1.82, 2.24) is 20.2 Å². The second-order valence-corrected chi connectivity index (χ2v) is 5.67. The van der Waals surface area contributed by atoms with Gasteiger partial charge in [-0.15, -0.1) is 10.2 Å². The predicted octanol–water partition coefficient (Wildman–Crippen LogP) is -1.09. The largest absolute Gasteiger partial charge is 0.335 e. The summed E-state index contributed by atoms with van der Waals surface area (Å²) >= 11 is 0. The van der Waals surface area contributed by atoms with Gasteiger partial charge in [0.15, 0.2) is 0 Å². The van der Waals surface area contributed by atoms with E-state index in [-0.39, 0.29) is 5.56 Å². The molecule has 0 radical (unpaired) electrons. The first-order valence-corrected chi connectivity index (χ1v) is 7.53. The molecule has 2 heterocycles. The Morgan fingerprint density at radius 1 is 1.23 bits per heavy atom. The maximum Gasteiger partial charge on any atom is 0.274 e. The van der Waals surface area contributed by atoms with Crippen molar-refractivity contribution in [2.75, 3.05) is 38.7 Å². The zero-order chi connectivity index (χ0) is 15.4. The first kappa shape index (κ1) is 14.7. The number of H-pyrrole nitrogens is 1. The summed E-state index contributed by atoms with van der Waals surface area (Å²) in [6.45, 7) is 3.97. The van der Waals surface area contributed by atoms with Crippen LogP contribution in [0, 0.1) is 0 Å². The predicted molar refractivity (Wildman–Crippen MR) is 83.7 cm³/mol. The van der Waals surface area contributed by atoms with E-state index in [4.69, 9.17) is 0 Å². The molecule has 1 aliphatic rings. The number of nitrogens with one attached hydrogen (secondary N) is 3. The van der Waals surface area contributed by atoms with Crippen molar-refractivity contribution in [2.45, 2.75) is 6.42 Å². The van der Waals surface area contributed by atoms with Gasteiger partial charge in [0.2, 0.25) is 5.95 Å². The van der Waals surface area contributed by atoms with Crippen LogP contribution in [0.15, 0.2) is 35.1 Å². The number of hydrazine groups is 1. The van der Waals surface area contributed by atoms with Crippen molar-refractivity contribution >= 4 is 5.95 Å². The summed E-state index contributed by atoms with van der Waals surface area (Å²) in [5.74, 6) is 0.404. The maximum atomic E-state index is 12.1. The lowest BCUT2D eigenvalue weighted by Crippen LogP contribution is -3.12. The molecule has 3 rings (SSSR count). The van der Waals surface area contributed by atoms with Crippen LogP contribution in [0.2, 0.25) is 0 Å². The Balaban J connectivity index is 1.66. The van der Waals surface area contributed by atoms with E-state index >= 15 is 0 Å². The number of aromatic amines is 1. The second kappa shape index (κ2) is 6.67. The topological polar surface area (TPSA) is 78.3 Å². The monoisotopic (exact) mass is 301 g/mol. The Morgan fingerprint density at radius 2 is 1.95 bits per heavy atom. The molecule has 1 aromatic heterocycles. The third-order valence-corrected chi connectivity index (χ3v) is 3.86. The quantitative estimate of drug-likeness (QED) is 0.669. The lowest BCUT2D eigenvalue weighted by Gasteiger charge is -2.29. The summed E-state index contributed by atoms with van der Waals surface area (Å²) < 4.78 is 0. The van der Waals surface area contributed by atoms with Gasteiger partial charge in [-0.1, -0.05) is 30.3 Å². The zero-order valence-corrected chi connectivity index (χ0v) is 12.7. The van der Waals surface area contributed by atoms with Crippen LogP contribution in [-0.2, 0) is 6.42 Å². The first-order valence-electron chi connectivity index (χ1n) is 7.53. The fourth-order valence-electron chi connectivity index (χ4n) is 2.47. The molecule has 0 saturated carbocycles. The maximum absolute atomic E-state index is 12.1. The van der Waals surface area contributed by atoms with E-state index in [0.717, 1.165) is 31.7 Å². The Labute approximate surface area is 129 Å². The number of anilines is 1. The molecule has 0 aliphatic carbocycles.